The summed E-state index contributed by atoms with van der Waals surface area (Å²) >= 11 is 11.9. The minimum atomic E-state index is -0.0594. The number of benzene rings is 1. The van der Waals surface area contributed by atoms with Crippen LogP contribution in [-0.2, 0) is 19.5 Å². The molecule has 3 rings (SSSR count). The number of hydrogen-bond donors (Lipinski definition) is 2. The van der Waals surface area contributed by atoms with E-state index in [-0.39, 0.29) is 16.3 Å². The van der Waals surface area contributed by atoms with Crippen molar-refractivity contribution < 1.29 is 5.11 Å². The molecule has 0 spiro atoms. The quantitative estimate of drug-likeness (QED) is 0.882. The smallest absolute Gasteiger partial charge is 0.254 e. The van der Waals surface area contributed by atoms with Crippen molar-refractivity contribution >= 4 is 23.2 Å². The van der Waals surface area contributed by atoms with Gasteiger partial charge in [0.2, 0.25) is 0 Å². The Morgan fingerprint density at radius 1 is 1.41 bits per heavy atom. The summed E-state index contributed by atoms with van der Waals surface area (Å²) in [5.41, 5.74) is 2.15. The minimum Gasteiger partial charge on any atom is -0.506 e. The summed E-state index contributed by atoms with van der Waals surface area (Å²) in [6, 6.07) is 3.21. The number of phenols is 1. The van der Waals surface area contributed by atoms with Gasteiger partial charge in [-0.2, -0.15) is 0 Å². The van der Waals surface area contributed by atoms with Crippen LogP contribution in [0.2, 0.25) is 10.0 Å². The summed E-state index contributed by atoms with van der Waals surface area (Å²) in [6.45, 7) is 3.54. The lowest BCUT2D eigenvalue weighted by molar-refractivity contribution is 0.237. The molecule has 7 heteroatoms. The molecule has 116 valence electrons. The summed E-state index contributed by atoms with van der Waals surface area (Å²) < 4.78 is 0. The number of aromatic amines is 1. The van der Waals surface area contributed by atoms with Crippen LogP contribution < -0.4 is 5.56 Å². The predicted molar refractivity (Wildman–Crippen MR) is 85.5 cm³/mol. The van der Waals surface area contributed by atoms with Crippen LogP contribution in [0.4, 0.5) is 0 Å². The SMILES string of the molecule is Cc1nc2c(c(=O)[nH]1)CCN(Cc1cc(Cl)cc(Cl)c1O)C2. The number of phenolic OH excluding ortho intramolecular Hbond substituents is 1. The van der Waals surface area contributed by atoms with Gasteiger partial charge in [0, 0.05) is 35.8 Å². The highest BCUT2D eigenvalue weighted by Gasteiger charge is 2.21. The Morgan fingerprint density at radius 2 is 2.18 bits per heavy atom. The van der Waals surface area contributed by atoms with E-state index in [9.17, 15) is 9.90 Å². The molecule has 22 heavy (non-hydrogen) atoms. The third kappa shape index (κ3) is 2.97. The fourth-order valence-electron chi connectivity index (χ4n) is 2.73. The average molecular weight is 340 g/mol. The number of halogens is 2. The van der Waals surface area contributed by atoms with Gasteiger partial charge >= 0.3 is 0 Å². The minimum absolute atomic E-state index is 0.0481. The van der Waals surface area contributed by atoms with Gasteiger partial charge in [0.05, 0.1) is 10.7 Å². The zero-order valence-electron chi connectivity index (χ0n) is 12.0. The van der Waals surface area contributed by atoms with Crippen LogP contribution in [0.5, 0.6) is 5.75 Å². The van der Waals surface area contributed by atoms with Crippen LogP contribution in [0.3, 0.4) is 0 Å². The van der Waals surface area contributed by atoms with Crippen LogP contribution in [0.25, 0.3) is 0 Å². The van der Waals surface area contributed by atoms with Crippen molar-refractivity contribution in [3.05, 3.63) is 55.2 Å². The van der Waals surface area contributed by atoms with Gasteiger partial charge in [-0.1, -0.05) is 23.2 Å². The molecule has 0 atom stereocenters. The van der Waals surface area contributed by atoms with E-state index in [1.807, 2.05) is 0 Å². The molecule has 1 aliphatic heterocycles. The van der Waals surface area contributed by atoms with Crippen molar-refractivity contribution in [2.24, 2.45) is 0 Å². The van der Waals surface area contributed by atoms with Gasteiger partial charge in [-0.3, -0.25) is 9.69 Å². The molecule has 1 aromatic heterocycles. The van der Waals surface area contributed by atoms with Crippen LogP contribution >= 0.6 is 23.2 Å². The van der Waals surface area contributed by atoms with Gasteiger partial charge in [0.25, 0.3) is 5.56 Å². The van der Waals surface area contributed by atoms with Gasteiger partial charge in [-0.05, 0) is 25.5 Å². The number of H-pyrrole nitrogens is 1. The van der Waals surface area contributed by atoms with E-state index in [2.05, 4.69) is 14.9 Å². The number of aromatic nitrogens is 2. The van der Waals surface area contributed by atoms with E-state index >= 15 is 0 Å². The number of nitrogens with one attached hydrogen (secondary N) is 1. The second-order valence-corrected chi connectivity index (χ2v) is 6.28. The number of rotatable bonds is 2. The van der Waals surface area contributed by atoms with Gasteiger partial charge in [-0.15, -0.1) is 0 Å². The summed E-state index contributed by atoms with van der Waals surface area (Å²) in [5.74, 6) is 0.658. The Balaban J connectivity index is 1.86. The van der Waals surface area contributed by atoms with E-state index in [4.69, 9.17) is 23.2 Å². The summed E-state index contributed by atoms with van der Waals surface area (Å²) in [7, 11) is 0. The summed E-state index contributed by atoms with van der Waals surface area (Å²) in [4.78, 5) is 21.2. The normalized spacial score (nSPS) is 14.9. The molecule has 0 amide bonds. The van der Waals surface area contributed by atoms with E-state index in [0.29, 0.717) is 42.5 Å². The Morgan fingerprint density at radius 3 is 2.95 bits per heavy atom. The molecule has 0 saturated carbocycles. The molecule has 2 aromatic rings. The second-order valence-electron chi connectivity index (χ2n) is 5.43. The van der Waals surface area contributed by atoms with E-state index < -0.39 is 0 Å². The van der Waals surface area contributed by atoms with E-state index in [1.54, 1.807) is 13.0 Å². The van der Waals surface area contributed by atoms with Gasteiger partial charge < -0.3 is 10.1 Å². The first-order valence-electron chi connectivity index (χ1n) is 6.92. The van der Waals surface area contributed by atoms with Crippen molar-refractivity contribution in [1.29, 1.82) is 0 Å². The molecule has 0 saturated heterocycles. The van der Waals surface area contributed by atoms with Crippen molar-refractivity contribution in [2.45, 2.75) is 26.4 Å². The highest BCUT2D eigenvalue weighted by molar-refractivity contribution is 6.35. The largest absolute Gasteiger partial charge is 0.506 e. The molecule has 2 heterocycles. The maximum atomic E-state index is 11.9. The predicted octanol–water partition coefficient (Wildman–Crippen LogP) is 2.65. The Hall–Kier alpha value is -1.56. The standard InChI is InChI=1S/C15H15Cl2N3O2/c1-8-18-13-7-20(3-2-11(13)15(22)19-8)6-9-4-10(16)5-12(17)14(9)21/h4-5,21H,2-3,6-7H2,1H3,(H,18,19,22). The van der Waals surface area contributed by atoms with Crippen LogP contribution in [0.1, 0.15) is 22.6 Å². The van der Waals surface area contributed by atoms with Crippen molar-refractivity contribution in [1.82, 2.24) is 14.9 Å². The molecule has 1 aromatic carbocycles. The maximum absolute atomic E-state index is 11.9. The number of hydrogen-bond acceptors (Lipinski definition) is 4. The zero-order chi connectivity index (χ0) is 15.9. The first kappa shape index (κ1) is 15.3. The fourth-order valence-corrected chi connectivity index (χ4v) is 3.27. The molecular formula is C15H15Cl2N3O2. The van der Waals surface area contributed by atoms with Crippen LogP contribution in [-0.4, -0.2) is 26.5 Å². The summed E-state index contributed by atoms with van der Waals surface area (Å²) in [6.07, 6.45) is 0.632. The first-order valence-corrected chi connectivity index (χ1v) is 7.67. The molecule has 2 N–H and O–H groups in total. The second kappa shape index (κ2) is 5.91. The Kier molecular flexibility index (Phi) is 4.12. The third-order valence-electron chi connectivity index (χ3n) is 3.77. The van der Waals surface area contributed by atoms with E-state index in [0.717, 1.165) is 11.3 Å². The lowest BCUT2D eigenvalue weighted by atomic mass is 10.1. The molecule has 0 aliphatic carbocycles. The van der Waals surface area contributed by atoms with Crippen LogP contribution in [0.15, 0.2) is 16.9 Å². The molecule has 1 aliphatic rings. The first-order chi connectivity index (χ1) is 10.4. The van der Waals surface area contributed by atoms with Gasteiger partial charge in [-0.25, -0.2) is 4.98 Å². The fraction of sp³-hybridized carbons (Fsp3) is 0.333. The monoisotopic (exact) mass is 339 g/mol. The van der Waals surface area contributed by atoms with Crippen LogP contribution in [0, 0.1) is 6.92 Å². The van der Waals surface area contributed by atoms with E-state index in [1.165, 1.54) is 6.07 Å². The Bertz CT molecular complexity index is 789. The number of fused-ring (bicyclic) bond motifs is 1. The molecule has 0 radical (unpaired) electrons. The molecular weight excluding hydrogens is 325 g/mol. The lowest BCUT2D eigenvalue weighted by Gasteiger charge is -2.28. The molecule has 0 unspecified atom stereocenters. The highest BCUT2D eigenvalue weighted by Crippen LogP contribution is 2.32. The summed E-state index contributed by atoms with van der Waals surface area (Å²) in [5, 5.41) is 10.8. The van der Waals surface area contributed by atoms with Gasteiger partial charge in [0.15, 0.2) is 0 Å². The third-order valence-corrected chi connectivity index (χ3v) is 4.28. The van der Waals surface area contributed by atoms with Crippen molar-refractivity contribution in [2.75, 3.05) is 6.54 Å². The lowest BCUT2D eigenvalue weighted by Crippen LogP contribution is -2.35. The maximum Gasteiger partial charge on any atom is 0.254 e. The van der Waals surface area contributed by atoms with Gasteiger partial charge in [0.1, 0.15) is 11.6 Å². The number of nitrogens with zero attached hydrogens (tertiary/aromatic N) is 2. The zero-order valence-corrected chi connectivity index (χ0v) is 13.5. The number of aryl methyl sites for hydroxylation is 1. The number of aromatic hydroxyl groups is 1. The average Bonchev–Trinajstić information content (AvgIpc) is 2.43. The van der Waals surface area contributed by atoms with Crippen molar-refractivity contribution in [3.8, 4) is 5.75 Å². The molecule has 0 fully saturated rings. The Labute approximate surface area is 137 Å². The topological polar surface area (TPSA) is 69.2 Å². The molecule has 0 bridgehead atoms. The molecule has 5 nitrogen and oxygen atoms in total. The highest BCUT2D eigenvalue weighted by atomic mass is 35.5. The van der Waals surface area contributed by atoms with Crippen molar-refractivity contribution in [3.63, 3.8) is 0 Å².